The Bertz CT molecular complexity index is 493. The molecule has 0 spiro atoms. The number of hydrogen-bond donors (Lipinski definition) is 2. The van der Waals surface area contributed by atoms with Crippen LogP contribution in [-0.2, 0) is 4.79 Å². The molecule has 122 valence electrons. The number of hydrogen-bond acceptors (Lipinski definition) is 4. The number of rotatable bonds is 6. The van der Waals surface area contributed by atoms with E-state index in [1.165, 1.54) is 19.3 Å². The zero-order chi connectivity index (χ0) is 15.9. The van der Waals surface area contributed by atoms with Gasteiger partial charge in [-0.25, -0.2) is 0 Å². The number of aliphatic hydroxyl groups is 1. The van der Waals surface area contributed by atoms with E-state index in [-0.39, 0.29) is 5.91 Å². The SMILES string of the molecule is COc1cccc(C(O)C(=O)NCCN2CCCCC2C)c1. The van der Waals surface area contributed by atoms with E-state index in [0.717, 1.165) is 13.1 Å². The van der Waals surface area contributed by atoms with Gasteiger partial charge in [0.25, 0.3) is 5.91 Å². The van der Waals surface area contributed by atoms with Crippen LogP contribution >= 0.6 is 0 Å². The van der Waals surface area contributed by atoms with Gasteiger partial charge in [0, 0.05) is 19.1 Å². The molecule has 0 bridgehead atoms. The first-order valence-corrected chi connectivity index (χ1v) is 7.95. The van der Waals surface area contributed by atoms with Crippen LogP contribution in [0.4, 0.5) is 0 Å². The number of carbonyl (C=O) groups excluding carboxylic acids is 1. The van der Waals surface area contributed by atoms with E-state index in [1.54, 1.807) is 31.4 Å². The predicted octanol–water partition coefficient (Wildman–Crippen LogP) is 1.72. The standard InChI is InChI=1S/C17H26N2O3/c1-13-6-3-4-10-19(13)11-9-18-17(21)16(20)14-7-5-8-15(12-14)22-2/h5,7-8,12-13,16,20H,3-4,6,9-11H2,1-2H3,(H,18,21). The molecule has 0 aromatic heterocycles. The van der Waals surface area contributed by atoms with Gasteiger partial charge in [0.05, 0.1) is 7.11 Å². The van der Waals surface area contributed by atoms with E-state index in [4.69, 9.17) is 4.74 Å². The molecule has 1 aliphatic heterocycles. The second kappa shape index (κ2) is 8.15. The van der Waals surface area contributed by atoms with Gasteiger partial charge in [0.15, 0.2) is 6.10 Å². The first-order chi connectivity index (χ1) is 10.6. The molecule has 2 rings (SSSR count). The molecular formula is C17H26N2O3. The first-order valence-electron chi connectivity index (χ1n) is 7.95. The fraction of sp³-hybridized carbons (Fsp3) is 0.588. The number of piperidine rings is 1. The number of aliphatic hydroxyl groups excluding tert-OH is 1. The van der Waals surface area contributed by atoms with Crippen molar-refractivity contribution in [1.29, 1.82) is 0 Å². The van der Waals surface area contributed by atoms with Crippen LogP contribution < -0.4 is 10.1 Å². The largest absolute Gasteiger partial charge is 0.497 e. The normalized spacial score (nSPS) is 20.4. The van der Waals surface area contributed by atoms with Crippen LogP contribution in [0.15, 0.2) is 24.3 Å². The average Bonchev–Trinajstić information content (AvgIpc) is 2.55. The summed E-state index contributed by atoms with van der Waals surface area (Å²) in [5.41, 5.74) is 0.545. The number of amides is 1. The third kappa shape index (κ3) is 4.45. The zero-order valence-electron chi connectivity index (χ0n) is 13.4. The van der Waals surface area contributed by atoms with Crippen LogP contribution in [0.5, 0.6) is 5.75 Å². The second-order valence-electron chi connectivity index (χ2n) is 5.85. The molecule has 1 aromatic rings. The Hall–Kier alpha value is -1.59. The lowest BCUT2D eigenvalue weighted by Crippen LogP contribution is -2.43. The molecule has 0 aliphatic carbocycles. The van der Waals surface area contributed by atoms with Crippen LogP contribution in [0.3, 0.4) is 0 Å². The smallest absolute Gasteiger partial charge is 0.253 e. The summed E-state index contributed by atoms with van der Waals surface area (Å²) in [7, 11) is 1.56. The maximum Gasteiger partial charge on any atom is 0.253 e. The minimum absolute atomic E-state index is 0.363. The molecule has 2 unspecified atom stereocenters. The van der Waals surface area contributed by atoms with E-state index in [2.05, 4.69) is 17.1 Å². The highest BCUT2D eigenvalue weighted by molar-refractivity contribution is 5.82. The van der Waals surface area contributed by atoms with Gasteiger partial charge in [0.2, 0.25) is 0 Å². The summed E-state index contributed by atoms with van der Waals surface area (Å²) >= 11 is 0. The maximum atomic E-state index is 12.0. The quantitative estimate of drug-likeness (QED) is 0.840. The van der Waals surface area contributed by atoms with Gasteiger partial charge in [-0.05, 0) is 44.0 Å². The van der Waals surface area contributed by atoms with Crippen LogP contribution in [0.2, 0.25) is 0 Å². The van der Waals surface area contributed by atoms with Crippen molar-refractivity contribution in [3.63, 3.8) is 0 Å². The summed E-state index contributed by atoms with van der Waals surface area (Å²) in [6, 6.07) is 7.52. The molecule has 1 fully saturated rings. The summed E-state index contributed by atoms with van der Waals surface area (Å²) in [5.74, 6) is 0.268. The second-order valence-corrected chi connectivity index (χ2v) is 5.85. The molecule has 1 aliphatic rings. The monoisotopic (exact) mass is 306 g/mol. The summed E-state index contributed by atoms with van der Waals surface area (Å²) in [6.07, 6.45) is 2.58. The Balaban J connectivity index is 1.81. The van der Waals surface area contributed by atoms with Crippen molar-refractivity contribution in [3.8, 4) is 5.75 Å². The van der Waals surface area contributed by atoms with Crippen molar-refractivity contribution in [2.45, 2.75) is 38.3 Å². The molecule has 2 atom stereocenters. The number of nitrogens with zero attached hydrogens (tertiary/aromatic N) is 1. The van der Waals surface area contributed by atoms with Crippen molar-refractivity contribution in [1.82, 2.24) is 10.2 Å². The Kier molecular flexibility index (Phi) is 6.21. The molecule has 1 heterocycles. The molecule has 2 N–H and O–H groups in total. The molecule has 1 aromatic carbocycles. The Morgan fingerprint density at radius 2 is 2.32 bits per heavy atom. The van der Waals surface area contributed by atoms with Crippen molar-refractivity contribution < 1.29 is 14.6 Å². The lowest BCUT2D eigenvalue weighted by Gasteiger charge is -2.33. The zero-order valence-corrected chi connectivity index (χ0v) is 13.4. The van der Waals surface area contributed by atoms with Gasteiger partial charge in [-0.3, -0.25) is 9.69 Å². The van der Waals surface area contributed by atoms with Gasteiger partial charge >= 0.3 is 0 Å². The maximum absolute atomic E-state index is 12.0. The molecule has 5 nitrogen and oxygen atoms in total. The number of methoxy groups -OCH3 is 1. The summed E-state index contributed by atoms with van der Waals surface area (Å²) in [6.45, 7) is 4.71. The number of carbonyl (C=O) groups is 1. The lowest BCUT2D eigenvalue weighted by atomic mass is 10.0. The minimum Gasteiger partial charge on any atom is -0.497 e. The number of likely N-dealkylation sites (tertiary alicyclic amines) is 1. The third-order valence-corrected chi connectivity index (χ3v) is 4.30. The number of benzene rings is 1. The van der Waals surface area contributed by atoms with Gasteiger partial charge < -0.3 is 15.2 Å². The predicted molar refractivity (Wildman–Crippen MR) is 85.8 cm³/mol. The van der Waals surface area contributed by atoms with Crippen molar-refractivity contribution in [2.24, 2.45) is 0 Å². The van der Waals surface area contributed by atoms with Crippen LogP contribution in [0, 0.1) is 0 Å². The number of nitrogens with one attached hydrogen (secondary N) is 1. The molecular weight excluding hydrogens is 280 g/mol. The van der Waals surface area contributed by atoms with Gasteiger partial charge in [-0.15, -0.1) is 0 Å². The van der Waals surface area contributed by atoms with Crippen LogP contribution in [0.1, 0.15) is 37.9 Å². The van der Waals surface area contributed by atoms with E-state index in [1.807, 2.05) is 0 Å². The van der Waals surface area contributed by atoms with Gasteiger partial charge in [0.1, 0.15) is 5.75 Å². The van der Waals surface area contributed by atoms with E-state index >= 15 is 0 Å². The van der Waals surface area contributed by atoms with Crippen molar-refractivity contribution >= 4 is 5.91 Å². The molecule has 5 heteroatoms. The molecule has 0 radical (unpaired) electrons. The fourth-order valence-electron chi connectivity index (χ4n) is 2.87. The van der Waals surface area contributed by atoms with E-state index < -0.39 is 6.10 Å². The minimum atomic E-state index is -1.16. The number of ether oxygens (including phenoxy) is 1. The molecule has 0 saturated carbocycles. The highest BCUT2D eigenvalue weighted by Crippen LogP contribution is 2.19. The van der Waals surface area contributed by atoms with Crippen LogP contribution in [-0.4, -0.2) is 48.7 Å². The van der Waals surface area contributed by atoms with Crippen molar-refractivity contribution in [3.05, 3.63) is 29.8 Å². The van der Waals surface area contributed by atoms with E-state index in [9.17, 15) is 9.90 Å². The Labute approximate surface area is 132 Å². The summed E-state index contributed by atoms with van der Waals surface area (Å²) < 4.78 is 5.11. The highest BCUT2D eigenvalue weighted by atomic mass is 16.5. The van der Waals surface area contributed by atoms with Gasteiger partial charge in [-0.1, -0.05) is 18.6 Å². The van der Waals surface area contributed by atoms with Crippen LogP contribution in [0.25, 0.3) is 0 Å². The summed E-state index contributed by atoms with van der Waals surface area (Å²) in [5, 5.41) is 12.9. The third-order valence-electron chi connectivity index (χ3n) is 4.30. The fourth-order valence-corrected chi connectivity index (χ4v) is 2.87. The van der Waals surface area contributed by atoms with Crippen molar-refractivity contribution in [2.75, 3.05) is 26.7 Å². The topological polar surface area (TPSA) is 61.8 Å². The molecule has 22 heavy (non-hydrogen) atoms. The Morgan fingerprint density at radius 3 is 3.05 bits per heavy atom. The first kappa shape index (κ1) is 16.8. The Morgan fingerprint density at radius 1 is 1.50 bits per heavy atom. The van der Waals surface area contributed by atoms with E-state index in [0.29, 0.717) is 23.9 Å². The molecule has 1 amide bonds. The molecule has 1 saturated heterocycles. The highest BCUT2D eigenvalue weighted by Gasteiger charge is 2.20. The lowest BCUT2D eigenvalue weighted by molar-refractivity contribution is -0.129. The average molecular weight is 306 g/mol. The van der Waals surface area contributed by atoms with Gasteiger partial charge in [-0.2, -0.15) is 0 Å². The summed E-state index contributed by atoms with van der Waals surface area (Å²) in [4.78, 5) is 14.4.